The number of benzene rings is 1. The number of fused-ring (bicyclic) bond motifs is 2. The lowest BCUT2D eigenvalue weighted by atomic mass is 10.0. The molecule has 0 spiro atoms. The summed E-state index contributed by atoms with van der Waals surface area (Å²) < 4.78 is 0. The van der Waals surface area contributed by atoms with Crippen molar-refractivity contribution < 1.29 is 4.79 Å². The van der Waals surface area contributed by atoms with Gasteiger partial charge in [-0.3, -0.25) is 19.7 Å². The minimum atomic E-state index is -0.168. The van der Waals surface area contributed by atoms with E-state index in [0.717, 1.165) is 40.7 Å². The van der Waals surface area contributed by atoms with Crippen molar-refractivity contribution in [3.05, 3.63) is 81.9 Å². The molecule has 0 saturated carbocycles. The third-order valence-electron chi connectivity index (χ3n) is 5.86. The second-order valence-corrected chi connectivity index (χ2v) is 9.11. The summed E-state index contributed by atoms with van der Waals surface area (Å²) in [6.07, 6.45) is 6.80. The number of carbonyl (C=O) groups excluding carboxylic acids is 1. The van der Waals surface area contributed by atoms with E-state index >= 15 is 0 Å². The summed E-state index contributed by atoms with van der Waals surface area (Å²) in [7, 11) is 3.83. The van der Waals surface area contributed by atoms with E-state index in [-0.39, 0.29) is 11.9 Å². The predicted molar refractivity (Wildman–Crippen MR) is 132 cm³/mol. The Bertz CT molecular complexity index is 1370. The zero-order valence-electron chi connectivity index (χ0n) is 18.1. The monoisotopic (exact) mass is 477 g/mol. The third kappa shape index (κ3) is 4.01. The highest BCUT2D eigenvalue weighted by molar-refractivity contribution is 6.35. The van der Waals surface area contributed by atoms with Gasteiger partial charge in [-0.05, 0) is 48.7 Å². The average molecular weight is 478 g/mol. The Morgan fingerprint density at radius 2 is 1.85 bits per heavy atom. The van der Waals surface area contributed by atoms with Crippen LogP contribution in [0.2, 0.25) is 10.0 Å². The Hall–Kier alpha value is -3.22. The van der Waals surface area contributed by atoms with E-state index in [1.165, 1.54) is 0 Å². The normalized spacial score (nSPS) is 14.8. The molecule has 0 fully saturated rings. The molecule has 8 heteroatoms. The summed E-state index contributed by atoms with van der Waals surface area (Å²) in [5.41, 5.74) is 5.50. The van der Waals surface area contributed by atoms with Gasteiger partial charge in [0.05, 0.1) is 28.5 Å². The van der Waals surface area contributed by atoms with Crippen LogP contribution in [-0.2, 0) is 6.42 Å². The molecule has 6 nitrogen and oxygen atoms in total. The molecule has 0 radical (unpaired) electrons. The number of hydrogen-bond donors (Lipinski definition) is 1. The van der Waals surface area contributed by atoms with Crippen LogP contribution in [0.4, 0.5) is 5.69 Å². The van der Waals surface area contributed by atoms with Gasteiger partial charge in [0, 0.05) is 59.4 Å². The van der Waals surface area contributed by atoms with E-state index in [2.05, 4.69) is 20.3 Å². The van der Waals surface area contributed by atoms with Crippen molar-refractivity contribution in [1.82, 2.24) is 20.3 Å². The maximum Gasteiger partial charge on any atom is 0.255 e. The first kappa shape index (κ1) is 21.6. The fourth-order valence-corrected chi connectivity index (χ4v) is 4.99. The Kier molecular flexibility index (Phi) is 5.64. The number of carbonyl (C=O) groups is 1. The number of aromatic nitrogens is 3. The quantitative estimate of drug-likeness (QED) is 0.421. The fourth-order valence-electron chi connectivity index (χ4n) is 4.46. The minimum Gasteiger partial charge on any atom is -0.376 e. The summed E-state index contributed by atoms with van der Waals surface area (Å²) in [6, 6.07) is 11.0. The van der Waals surface area contributed by atoms with E-state index in [1.807, 2.05) is 37.2 Å². The molecule has 166 valence electrons. The first-order chi connectivity index (χ1) is 15.9. The van der Waals surface area contributed by atoms with Crippen molar-refractivity contribution in [2.45, 2.75) is 18.9 Å². The number of aryl methyl sites for hydroxylation is 1. The van der Waals surface area contributed by atoms with Gasteiger partial charge in [0.1, 0.15) is 0 Å². The number of pyridine rings is 3. The van der Waals surface area contributed by atoms with Crippen LogP contribution in [0, 0.1) is 0 Å². The number of anilines is 1. The average Bonchev–Trinajstić information content (AvgIpc) is 3.19. The smallest absolute Gasteiger partial charge is 0.255 e. The first-order valence-electron chi connectivity index (χ1n) is 10.6. The molecule has 3 heterocycles. The van der Waals surface area contributed by atoms with Crippen molar-refractivity contribution in [2.24, 2.45) is 0 Å². The van der Waals surface area contributed by atoms with Crippen LogP contribution in [0.25, 0.3) is 22.2 Å². The van der Waals surface area contributed by atoms with Crippen molar-refractivity contribution in [3.63, 3.8) is 0 Å². The summed E-state index contributed by atoms with van der Waals surface area (Å²) >= 11 is 12.4. The molecular formula is C25H21Cl2N5O. The van der Waals surface area contributed by atoms with E-state index in [1.54, 1.807) is 36.8 Å². The molecule has 4 aromatic rings. The van der Waals surface area contributed by atoms with Crippen LogP contribution in [0.3, 0.4) is 0 Å². The van der Waals surface area contributed by atoms with E-state index in [9.17, 15) is 4.79 Å². The maximum atomic E-state index is 13.4. The zero-order valence-corrected chi connectivity index (χ0v) is 19.7. The number of halogens is 2. The van der Waals surface area contributed by atoms with Crippen molar-refractivity contribution in [2.75, 3.05) is 19.0 Å². The minimum absolute atomic E-state index is 0.0616. The molecule has 1 amide bonds. The van der Waals surface area contributed by atoms with Crippen LogP contribution in [0.5, 0.6) is 0 Å². The summed E-state index contributed by atoms with van der Waals surface area (Å²) in [4.78, 5) is 28.9. The molecule has 0 aliphatic heterocycles. The van der Waals surface area contributed by atoms with Crippen LogP contribution < -0.4 is 10.2 Å². The van der Waals surface area contributed by atoms with Gasteiger partial charge in [0.15, 0.2) is 0 Å². The molecule has 5 rings (SSSR count). The Balaban J connectivity index is 1.58. The van der Waals surface area contributed by atoms with Gasteiger partial charge in [-0.15, -0.1) is 0 Å². The molecular weight excluding hydrogens is 457 g/mol. The molecule has 1 atom stereocenters. The highest BCUT2D eigenvalue weighted by Gasteiger charge is 2.27. The molecule has 3 aromatic heterocycles. The van der Waals surface area contributed by atoms with E-state index < -0.39 is 0 Å². The molecule has 1 aliphatic carbocycles. The van der Waals surface area contributed by atoms with Gasteiger partial charge in [-0.2, -0.15) is 0 Å². The lowest BCUT2D eigenvalue weighted by molar-refractivity contribution is 0.0937. The highest BCUT2D eigenvalue weighted by atomic mass is 35.5. The number of amides is 1. The molecule has 33 heavy (non-hydrogen) atoms. The van der Waals surface area contributed by atoms with Crippen molar-refractivity contribution >= 4 is 45.7 Å². The summed E-state index contributed by atoms with van der Waals surface area (Å²) in [5, 5.41) is 5.04. The lowest BCUT2D eigenvalue weighted by Crippen LogP contribution is -2.29. The molecule has 0 bridgehead atoms. The SMILES string of the molecule is CN(C)c1c(C(=O)N[C@@H]2CCc3ncccc32)cnc2c(-c3cc(Cl)cc(Cl)c3)nccc12. The van der Waals surface area contributed by atoms with Crippen LogP contribution in [0.15, 0.2) is 55.0 Å². The van der Waals surface area contributed by atoms with Gasteiger partial charge in [0.25, 0.3) is 5.91 Å². The second kappa shape index (κ2) is 8.61. The Labute approximate surface area is 201 Å². The first-order valence-corrected chi connectivity index (χ1v) is 11.3. The molecule has 1 N–H and O–H groups in total. The summed E-state index contributed by atoms with van der Waals surface area (Å²) in [5.74, 6) is -0.168. The van der Waals surface area contributed by atoms with Gasteiger partial charge >= 0.3 is 0 Å². The summed E-state index contributed by atoms with van der Waals surface area (Å²) in [6.45, 7) is 0. The second-order valence-electron chi connectivity index (χ2n) is 8.23. The van der Waals surface area contributed by atoms with E-state index in [0.29, 0.717) is 26.8 Å². The van der Waals surface area contributed by atoms with Gasteiger partial charge in [-0.1, -0.05) is 29.3 Å². The number of hydrogen-bond acceptors (Lipinski definition) is 5. The predicted octanol–water partition coefficient (Wildman–Crippen LogP) is 5.48. The van der Waals surface area contributed by atoms with Crippen molar-refractivity contribution in [1.29, 1.82) is 0 Å². The molecule has 0 unspecified atom stereocenters. The standard InChI is InChI=1S/C25H21Cl2N5O/c1-32(2)24-18-7-9-29-22(14-10-15(26)12-16(27)11-14)23(18)30-13-19(24)25(33)31-21-6-5-20-17(21)4-3-8-28-20/h3-4,7-13,21H,5-6H2,1-2H3,(H,31,33)/t21-/m1/s1. The Morgan fingerprint density at radius 1 is 1.06 bits per heavy atom. The molecule has 1 aliphatic rings. The van der Waals surface area contributed by atoms with Gasteiger partial charge in [-0.25, -0.2) is 0 Å². The molecule has 1 aromatic carbocycles. The van der Waals surface area contributed by atoms with Crippen LogP contribution in [0.1, 0.15) is 34.1 Å². The van der Waals surface area contributed by atoms with Crippen LogP contribution in [-0.4, -0.2) is 35.0 Å². The van der Waals surface area contributed by atoms with E-state index in [4.69, 9.17) is 23.2 Å². The van der Waals surface area contributed by atoms with Gasteiger partial charge in [0.2, 0.25) is 0 Å². The largest absolute Gasteiger partial charge is 0.376 e. The fraction of sp³-hybridized carbons (Fsp3) is 0.200. The van der Waals surface area contributed by atoms with Crippen LogP contribution >= 0.6 is 23.2 Å². The number of nitrogens with one attached hydrogen (secondary N) is 1. The number of rotatable bonds is 4. The third-order valence-corrected chi connectivity index (χ3v) is 6.30. The Morgan fingerprint density at radius 3 is 2.61 bits per heavy atom. The zero-order chi connectivity index (χ0) is 23.1. The molecule has 0 saturated heterocycles. The van der Waals surface area contributed by atoms with Crippen molar-refractivity contribution in [3.8, 4) is 11.3 Å². The topological polar surface area (TPSA) is 71.0 Å². The maximum absolute atomic E-state index is 13.4. The highest BCUT2D eigenvalue weighted by Crippen LogP contribution is 2.36. The lowest BCUT2D eigenvalue weighted by Gasteiger charge is -2.21. The number of nitrogens with zero attached hydrogens (tertiary/aromatic N) is 4. The van der Waals surface area contributed by atoms with Gasteiger partial charge < -0.3 is 10.2 Å².